The van der Waals surface area contributed by atoms with E-state index < -0.39 is 5.76 Å². The first-order valence-electron chi connectivity index (χ1n) is 8.99. The molecule has 0 aliphatic carbocycles. The number of nitrogens with zero attached hydrogens (tertiary/aromatic N) is 2. The van der Waals surface area contributed by atoms with Gasteiger partial charge in [0.2, 0.25) is 5.91 Å². The molecule has 0 atom stereocenters. The third-order valence-corrected chi connectivity index (χ3v) is 4.49. The Labute approximate surface area is 155 Å². The van der Waals surface area contributed by atoms with Crippen LogP contribution in [0.3, 0.4) is 0 Å². The van der Waals surface area contributed by atoms with Crippen LogP contribution in [-0.4, -0.2) is 27.0 Å². The molecular formula is C20H20N4O3. The van der Waals surface area contributed by atoms with Crippen LogP contribution in [-0.2, 0) is 17.8 Å². The number of fused-ring (bicyclic) bond motifs is 2. The fourth-order valence-corrected chi connectivity index (χ4v) is 3.14. The summed E-state index contributed by atoms with van der Waals surface area (Å²) in [5.74, 6) is 0.396. The average Bonchev–Trinajstić information content (AvgIpc) is 3.23. The summed E-state index contributed by atoms with van der Waals surface area (Å²) in [5.41, 5.74) is 3.22. The van der Waals surface area contributed by atoms with Gasteiger partial charge in [0.05, 0.1) is 16.6 Å². The van der Waals surface area contributed by atoms with Gasteiger partial charge in [0.25, 0.3) is 0 Å². The van der Waals surface area contributed by atoms with Gasteiger partial charge in [-0.2, -0.15) is 0 Å². The maximum Gasteiger partial charge on any atom is 0.419 e. The summed E-state index contributed by atoms with van der Waals surface area (Å²) < 4.78 is 6.66. The van der Waals surface area contributed by atoms with Crippen LogP contribution >= 0.6 is 0 Å². The van der Waals surface area contributed by atoms with E-state index >= 15 is 0 Å². The van der Waals surface area contributed by atoms with Gasteiger partial charge < -0.3 is 14.7 Å². The lowest BCUT2D eigenvalue weighted by Crippen LogP contribution is -2.27. The lowest BCUT2D eigenvalue weighted by Gasteiger charge is -2.05. The summed E-state index contributed by atoms with van der Waals surface area (Å²) in [6.07, 6.45) is 1.79. The van der Waals surface area contributed by atoms with Gasteiger partial charge in [-0.1, -0.05) is 24.3 Å². The van der Waals surface area contributed by atoms with Gasteiger partial charge in [0.15, 0.2) is 5.58 Å². The predicted molar refractivity (Wildman–Crippen MR) is 103 cm³/mol. The lowest BCUT2D eigenvalue weighted by molar-refractivity contribution is -0.121. The van der Waals surface area contributed by atoms with E-state index in [-0.39, 0.29) is 12.3 Å². The summed E-state index contributed by atoms with van der Waals surface area (Å²) in [5, 5.41) is 2.89. The Kier molecular flexibility index (Phi) is 4.74. The molecule has 0 aliphatic heterocycles. The number of amides is 1. The quantitative estimate of drug-likeness (QED) is 0.493. The molecule has 2 aromatic heterocycles. The first-order valence-corrected chi connectivity index (χ1v) is 8.99. The van der Waals surface area contributed by atoms with E-state index in [1.807, 2.05) is 42.5 Å². The SMILES string of the molecule is O=C(CCn1c(=O)oc2ccccc21)NCCCc1nc2ccccc2[nH]1. The number of hydrogen-bond donors (Lipinski definition) is 2. The maximum atomic E-state index is 12.1. The normalized spacial score (nSPS) is 11.3. The topological polar surface area (TPSA) is 92.9 Å². The highest BCUT2D eigenvalue weighted by molar-refractivity contribution is 5.77. The third-order valence-electron chi connectivity index (χ3n) is 4.49. The molecule has 0 radical (unpaired) electrons. The van der Waals surface area contributed by atoms with Crippen LogP contribution in [0.2, 0.25) is 0 Å². The molecule has 138 valence electrons. The van der Waals surface area contributed by atoms with Crippen molar-refractivity contribution >= 4 is 28.0 Å². The van der Waals surface area contributed by atoms with Crippen molar-refractivity contribution in [1.29, 1.82) is 0 Å². The van der Waals surface area contributed by atoms with Gasteiger partial charge in [-0.05, 0) is 30.7 Å². The zero-order chi connectivity index (χ0) is 18.6. The minimum Gasteiger partial charge on any atom is -0.408 e. The molecule has 0 saturated heterocycles. The van der Waals surface area contributed by atoms with Crippen molar-refractivity contribution in [2.45, 2.75) is 25.8 Å². The first kappa shape index (κ1) is 17.1. The summed E-state index contributed by atoms with van der Waals surface area (Å²) in [6.45, 7) is 0.863. The van der Waals surface area contributed by atoms with E-state index in [1.165, 1.54) is 4.57 Å². The number of carbonyl (C=O) groups is 1. The fraction of sp³-hybridized carbons (Fsp3) is 0.250. The Hall–Kier alpha value is -3.35. The van der Waals surface area contributed by atoms with Gasteiger partial charge in [-0.15, -0.1) is 0 Å². The van der Waals surface area contributed by atoms with E-state index in [9.17, 15) is 9.59 Å². The average molecular weight is 364 g/mol. The van der Waals surface area contributed by atoms with Gasteiger partial charge in [0, 0.05) is 25.9 Å². The van der Waals surface area contributed by atoms with Gasteiger partial charge in [0.1, 0.15) is 5.82 Å². The van der Waals surface area contributed by atoms with Crippen LogP contribution in [0.4, 0.5) is 0 Å². The molecule has 27 heavy (non-hydrogen) atoms. The van der Waals surface area contributed by atoms with Gasteiger partial charge >= 0.3 is 5.76 Å². The van der Waals surface area contributed by atoms with Crippen molar-refractivity contribution in [2.75, 3.05) is 6.54 Å². The minimum atomic E-state index is -0.436. The number of aromatic amines is 1. The molecule has 1 amide bonds. The lowest BCUT2D eigenvalue weighted by atomic mass is 10.3. The largest absolute Gasteiger partial charge is 0.419 e. The maximum absolute atomic E-state index is 12.1. The highest BCUT2D eigenvalue weighted by atomic mass is 16.4. The number of para-hydroxylation sites is 4. The van der Waals surface area contributed by atoms with E-state index in [1.54, 1.807) is 6.07 Å². The second-order valence-electron chi connectivity index (χ2n) is 6.39. The summed E-state index contributed by atoms with van der Waals surface area (Å²) in [7, 11) is 0. The molecule has 4 aromatic rings. The Balaban J connectivity index is 1.25. The van der Waals surface area contributed by atoms with Gasteiger partial charge in [-0.3, -0.25) is 9.36 Å². The number of imidazole rings is 1. The summed E-state index contributed by atoms with van der Waals surface area (Å²) in [4.78, 5) is 31.8. The molecule has 0 spiro atoms. The van der Waals surface area contributed by atoms with Crippen molar-refractivity contribution < 1.29 is 9.21 Å². The Morgan fingerprint density at radius 1 is 1.15 bits per heavy atom. The van der Waals surface area contributed by atoms with Crippen LogP contribution in [0, 0.1) is 0 Å². The van der Waals surface area contributed by atoms with Crippen molar-refractivity contribution in [3.63, 3.8) is 0 Å². The number of aromatic nitrogens is 3. The zero-order valence-corrected chi connectivity index (χ0v) is 14.8. The first-order chi connectivity index (χ1) is 13.2. The van der Waals surface area contributed by atoms with Crippen molar-refractivity contribution in [3.05, 3.63) is 64.9 Å². The molecule has 0 aliphatic rings. The molecule has 4 rings (SSSR count). The van der Waals surface area contributed by atoms with Crippen LogP contribution in [0.5, 0.6) is 0 Å². The smallest absolute Gasteiger partial charge is 0.408 e. The highest BCUT2D eigenvalue weighted by Gasteiger charge is 2.10. The van der Waals surface area contributed by atoms with E-state index in [0.29, 0.717) is 24.2 Å². The van der Waals surface area contributed by atoms with Crippen LogP contribution < -0.4 is 11.1 Å². The number of rotatable bonds is 7. The second kappa shape index (κ2) is 7.49. The van der Waals surface area contributed by atoms with E-state index in [4.69, 9.17) is 4.42 Å². The second-order valence-corrected chi connectivity index (χ2v) is 6.39. The minimum absolute atomic E-state index is 0.0863. The van der Waals surface area contributed by atoms with Crippen molar-refractivity contribution in [2.24, 2.45) is 0 Å². The molecule has 2 N–H and O–H groups in total. The Morgan fingerprint density at radius 2 is 1.96 bits per heavy atom. The predicted octanol–water partition coefficient (Wildman–Crippen LogP) is 2.61. The standard InChI is InChI=1S/C20H20N4O3/c25-19(11-13-24-16-8-3-4-9-17(16)27-20(24)26)21-12-5-10-18-22-14-6-1-2-7-15(14)23-18/h1-4,6-9H,5,10-13H2,(H,21,25)(H,22,23). The van der Waals surface area contributed by atoms with Gasteiger partial charge in [-0.25, -0.2) is 9.78 Å². The van der Waals surface area contributed by atoms with Crippen LogP contribution in [0.15, 0.2) is 57.7 Å². The summed E-state index contributed by atoms with van der Waals surface area (Å²) >= 11 is 0. The molecule has 2 aromatic carbocycles. The number of nitrogens with one attached hydrogen (secondary N) is 2. The number of hydrogen-bond acceptors (Lipinski definition) is 4. The third kappa shape index (κ3) is 3.76. The van der Waals surface area contributed by atoms with E-state index in [2.05, 4.69) is 15.3 Å². The molecule has 0 fully saturated rings. The van der Waals surface area contributed by atoms with Crippen LogP contribution in [0.1, 0.15) is 18.7 Å². The number of oxazole rings is 1. The number of H-pyrrole nitrogens is 1. The molecule has 2 heterocycles. The number of aryl methyl sites for hydroxylation is 2. The fourth-order valence-electron chi connectivity index (χ4n) is 3.14. The van der Waals surface area contributed by atoms with E-state index in [0.717, 1.165) is 29.7 Å². The highest BCUT2D eigenvalue weighted by Crippen LogP contribution is 2.12. The molecule has 7 nitrogen and oxygen atoms in total. The molecule has 0 bridgehead atoms. The van der Waals surface area contributed by atoms with Crippen molar-refractivity contribution in [1.82, 2.24) is 19.9 Å². The van der Waals surface area contributed by atoms with Crippen LogP contribution in [0.25, 0.3) is 22.1 Å². The number of carbonyl (C=O) groups excluding carboxylic acids is 1. The molecular weight excluding hydrogens is 344 g/mol. The Morgan fingerprint density at radius 3 is 2.85 bits per heavy atom. The Bertz CT molecular complexity index is 1110. The molecule has 7 heteroatoms. The monoisotopic (exact) mass is 364 g/mol. The number of benzene rings is 2. The van der Waals surface area contributed by atoms with Crippen molar-refractivity contribution in [3.8, 4) is 0 Å². The molecule has 0 saturated carbocycles. The summed E-state index contributed by atoms with van der Waals surface area (Å²) in [6, 6.07) is 15.1. The molecule has 0 unspecified atom stereocenters. The zero-order valence-electron chi connectivity index (χ0n) is 14.8.